The maximum Gasteiger partial charge on any atom is 0.168 e. The van der Waals surface area contributed by atoms with Crippen molar-refractivity contribution >= 4 is 16.9 Å². The zero-order chi connectivity index (χ0) is 16.1. The summed E-state index contributed by atoms with van der Waals surface area (Å²) in [6.45, 7) is 3.07. The van der Waals surface area contributed by atoms with E-state index in [4.69, 9.17) is 0 Å². The van der Waals surface area contributed by atoms with Crippen LogP contribution in [0.4, 0.5) is 10.2 Å². The van der Waals surface area contributed by atoms with Crippen LogP contribution in [0.5, 0.6) is 0 Å². The highest BCUT2D eigenvalue weighted by molar-refractivity contribution is 5.87. The average Bonchev–Trinajstić information content (AvgIpc) is 2.99. The molecular weight excluding hydrogens is 293 g/mol. The highest BCUT2D eigenvalue weighted by Gasteiger charge is 2.11. The van der Waals surface area contributed by atoms with Crippen LogP contribution in [0.1, 0.15) is 32.6 Å². The average molecular weight is 313 g/mol. The summed E-state index contributed by atoms with van der Waals surface area (Å²) in [5, 5.41) is 8.52. The summed E-state index contributed by atoms with van der Waals surface area (Å²) >= 11 is 0. The third-order valence-electron chi connectivity index (χ3n) is 3.74. The Balaban J connectivity index is 1.83. The van der Waals surface area contributed by atoms with Crippen molar-refractivity contribution in [2.75, 3.05) is 11.9 Å². The Kier molecular flexibility index (Phi) is 4.80. The Hall–Kier alpha value is -2.50. The minimum absolute atomic E-state index is 0.297. The zero-order valence-corrected chi connectivity index (χ0v) is 13.2. The lowest BCUT2D eigenvalue weighted by molar-refractivity contribution is 0.625. The Bertz CT molecular complexity index is 784. The minimum Gasteiger partial charge on any atom is -0.369 e. The molecule has 0 aliphatic rings. The summed E-state index contributed by atoms with van der Waals surface area (Å²) < 4.78 is 15.0. The summed E-state index contributed by atoms with van der Waals surface area (Å²) in [6.07, 6.45) is 8.01. The van der Waals surface area contributed by atoms with E-state index in [9.17, 15) is 4.39 Å². The van der Waals surface area contributed by atoms with Crippen molar-refractivity contribution in [1.29, 1.82) is 0 Å². The fourth-order valence-electron chi connectivity index (χ4n) is 2.54. The second-order valence-corrected chi connectivity index (χ2v) is 5.48. The van der Waals surface area contributed by atoms with Gasteiger partial charge in [0.2, 0.25) is 0 Å². The normalized spacial score (nSPS) is 11.0. The minimum atomic E-state index is -0.297. The van der Waals surface area contributed by atoms with Crippen LogP contribution in [0.2, 0.25) is 0 Å². The number of unbranched alkanes of at least 4 members (excludes halogenated alkanes) is 3. The molecule has 0 spiro atoms. The lowest BCUT2D eigenvalue weighted by atomic mass is 10.2. The number of anilines is 1. The van der Waals surface area contributed by atoms with Crippen LogP contribution in [-0.4, -0.2) is 26.3 Å². The predicted molar refractivity (Wildman–Crippen MR) is 89.2 cm³/mol. The number of hydrogen-bond acceptors (Lipinski definition) is 4. The highest BCUT2D eigenvalue weighted by Crippen LogP contribution is 2.21. The molecule has 0 atom stereocenters. The van der Waals surface area contributed by atoms with Crippen LogP contribution in [0.3, 0.4) is 0 Å². The summed E-state index contributed by atoms with van der Waals surface area (Å²) in [5.41, 5.74) is 1.31. The van der Waals surface area contributed by atoms with Gasteiger partial charge in [-0.2, -0.15) is 5.10 Å². The van der Waals surface area contributed by atoms with E-state index in [0.717, 1.165) is 24.2 Å². The number of rotatable bonds is 7. The molecule has 0 radical (unpaired) electrons. The molecule has 0 amide bonds. The van der Waals surface area contributed by atoms with Crippen molar-refractivity contribution in [2.45, 2.75) is 32.6 Å². The first-order chi connectivity index (χ1) is 11.3. The van der Waals surface area contributed by atoms with Gasteiger partial charge in [0.1, 0.15) is 18.0 Å². The van der Waals surface area contributed by atoms with Crippen LogP contribution < -0.4 is 5.32 Å². The molecule has 0 saturated carbocycles. The molecule has 3 aromatic rings. The van der Waals surface area contributed by atoms with Gasteiger partial charge in [0.25, 0.3) is 0 Å². The van der Waals surface area contributed by atoms with E-state index in [-0.39, 0.29) is 5.82 Å². The van der Waals surface area contributed by atoms with E-state index >= 15 is 0 Å². The summed E-state index contributed by atoms with van der Waals surface area (Å²) in [6, 6.07) is 6.31. The van der Waals surface area contributed by atoms with E-state index < -0.39 is 0 Å². The fraction of sp³-hybridized carbons (Fsp3) is 0.353. The molecule has 23 heavy (non-hydrogen) atoms. The van der Waals surface area contributed by atoms with Crippen LogP contribution in [0.25, 0.3) is 16.7 Å². The van der Waals surface area contributed by atoms with E-state index in [1.807, 2.05) is 0 Å². The highest BCUT2D eigenvalue weighted by atomic mass is 19.1. The maximum atomic E-state index is 13.4. The van der Waals surface area contributed by atoms with Gasteiger partial charge in [-0.05, 0) is 24.6 Å². The lowest BCUT2D eigenvalue weighted by Crippen LogP contribution is -2.04. The smallest absolute Gasteiger partial charge is 0.168 e. The van der Waals surface area contributed by atoms with Crippen molar-refractivity contribution in [3.8, 4) is 5.69 Å². The van der Waals surface area contributed by atoms with E-state index in [0.29, 0.717) is 11.3 Å². The van der Waals surface area contributed by atoms with Crippen LogP contribution in [0.15, 0.2) is 36.8 Å². The molecule has 2 aromatic heterocycles. The number of nitrogens with zero attached hydrogens (tertiary/aromatic N) is 4. The van der Waals surface area contributed by atoms with Crippen LogP contribution in [-0.2, 0) is 0 Å². The molecule has 0 unspecified atom stereocenters. The molecule has 1 aromatic carbocycles. The molecule has 0 saturated heterocycles. The Morgan fingerprint density at radius 1 is 1.17 bits per heavy atom. The third-order valence-corrected chi connectivity index (χ3v) is 3.74. The Labute approximate surface area is 134 Å². The van der Waals surface area contributed by atoms with Crippen LogP contribution in [0, 0.1) is 5.82 Å². The maximum absolute atomic E-state index is 13.4. The first kappa shape index (κ1) is 15.4. The topological polar surface area (TPSA) is 55.6 Å². The second kappa shape index (κ2) is 7.17. The summed E-state index contributed by atoms with van der Waals surface area (Å²) in [7, 11) is 0. The van der Waals surface area contributed by atoms with Gasteiger partial charge in [-0.3, -0.25) is 0 Å². The van der Waals surface area contributed by atoms with Gasteiger partial charge in [0.05, 0.1) is 17.3 Å². The molecule has 2 heterocycles. The number of benzene rings is 1. The Morgan fingerprint density at radius 2 is 2.09 bits per heavy atom. The van der Waals surface area contributed by atoms with Crippen LogP contribution >= 0.6 is 0 Å². The van der Waals surface area contributed by atoms with Crippen molar-refractivity contribution in [1.82, 2.24) is 19.7 Å². The van der Waals surface area contributed by atoms with Gasteiger partial charge in [-0.15, -0.1) is 0 Å². The number of nitrogens with one attached hydrogen (secondary N) is 1. The predicted octanol–water partition coefficient (Wildman–Crippen LogP) is 3.95. The second-order valence-electron chi connectivity index (χ2n) is 5.48. The van der Waals surface area contributed by atoms with Crippen molar-refractivity contribution in [3.05, 3.63) is 42.6 Å². The van der Waals surface area contributed by atoms with E-state index in [1.54, 1.807) is 23.0 Å². The largest absolute Gasteiger partial charge is 0.369 e. The van der Waals surface area contributed by atoms with Gasteiger partial charge in [-0.25, -0.2) is 19.0 Å². The third kappa shape index (κ3) is 3.47. The molecule has 1 N–H and O–H groups in total. The Morgan fingerprint density at radius 3 is 2.91 bits per heavy atom. The van der Waals surface area contributed by atoms with E-state index in [1.165, 1.54) is 37.7 Å². The standard InChI is InChI=1S/C17H20FN5/c1-2-3-4-5-9-19-16-15-11-22-23(17(15)21-12-20-16)14-8-6-7-13(18)10-14/h6-8,10-12H,2-5,9H2,1H3,(H,19,20,21). The quantitative estimate of drug-likeness (QED) is 0.671. The zero-order valence-electron chi connectivity index (χ0n) is 13.2. The molecular formula is C17H20FN5. The molecule has 0 aliphatic heterocycles. The SMILES string of the molecule is CCCCCCNc1ncnc2c1cnn2-c1cccc(F)c1. The van der Waals surface area contributed by atoms with Crippen molar-refractivity contribution in [2.24, 2.45) is 0 Å². The van der Waals surface area contributed by atoms with Crippen molar-refractivity contribution < 1.29 is 4.39 Å². The number of halogens is 1. The van der Waals surface area contributed by atoms with E-state index in [2.05, 4.69) is 27.3 Å². The summed E-state index contributed by atoms with van der Waals surface area (Å²) in [5.74, 6) is 0.476. The molecule has 0 bridgehead atoms. The first-order valence-corrected chi connectivity index (χ1v) is 7.98. The number of fused-ring (bicyclic) bond motifs is 1. The number of aromatic nitrogens is 4. The van der Waals surface area contributed by atoms with Gasteiger partial charge < -0.3 is 5.32 Å². The molecule has 120 valence electrons. The molecule has 0 aliphatic carbocycles. The molecule has 0 fully saturated rings. The first-order valence-electron chi connectivity index (χ1n) is 7.98. The lowest BCUT2D eigenvalue weighted by Gasteiger charge is -2.07. The van der Waals surface area contributed by atoms with Gasteiger partial charge in [-0.1, -0.05) is 32.3 Å². The van der Waals surface area contributed by atoms with Gasteiger partial charge in [0.15, 0.2) is 5.65 Å². The molecule has 6 heteroatoms. The number of hydrogen-bond donors (Lipinski definition) is 1. The molecule has 5 nitrogen and oxygen atoms in total. The van der Waals surface area contributed by atoms with Gasteiger partial charge >= 0.3 is 0 Å². The van der Waals surface area contributed by atoms with Crippen molar-refractivity contribution in [3.63, 3.8) is 0 Å². The van der Waals surface area contributed by atoms with Gasteiger partial charge in [0, 0.05) is 6.54 Å². The monoisotopic (exact) mass is 313 g/mol. The summed E-state index contributed by atoms with van der Waals surface area (Å²) in [4.78, 5) is 8.59. The molecule has 3 rings (SSSR count). The fourth-order valence-corrected chi connectivity index (χ4v) is 2.54.